The Labute approximate surface area is 229 Å². The lowest BCUT2D eigenvalue weighted by atomic mass is 9.94. The fourth-order valence-electron chi connectivity index (χ4n) is 4.71. The molecule has 0 bridgehead atoms. The molecular formula is C26H37Cl2N5O4. The molecule has 1 saturated heterocycles. The second-order valence-corrected chi connectivity index (χ2v) is 11.2. The predicted molar refractivity (Wildman–Crippen MR) is 145 cm³/mol. The Morgan fingerprint density at radius 2 is 1.89 bits per heavy atom. The summed E-state index contributed by atoms with van der Waals surface area (Å²) in [5.41, 5.74) is 1.14. The lowest BCUT2D eigenvalue weighted by molar-refractivity contribution is -0.139. The molecule has 1 aromatic carbocycles. The predicted octanol–water partition coefficient (Wildman–Crippen LogP) is 4.41. The van der Waals surface area contributed by atoms with Crippen LogP contribution in [0.15, 0.2) is 29.5 Å². The normalized spacial score (nSPS) is 21.1. The smallest absolute Gasteiger partial charge is 0.338 e. The SMILES string of the molecule is CCOC(=O)C1=C(CN2CCN(C(=O)NC(C)(C)C)[C@@H](C)C2)N(CC)C(=O)N[C@@H]1c1ccc(Cl)cc1Cl. The minimum atomic E-state index is -0.787. The van der Waals surface area contributed by atoms with Crippen LogP contribution in [0.1, 0.15) is 53.1 Å². The van der Waals surface area contributed by atoms with Gasteiger partial charge in [0.25, 0.3) is 0 Å². The van der Waals surface area contributed by atoms with Crippen molar-refractivity contribution >= 4 is 41.2 Å². The molecule has 2 aliphatic heterocycles. The van der Waals surface area contributed by atoms with Crippen LogP contribution in [0.5, 0.6) is 0 Å². The summed E-state index contributed by atoms with van der Waals surface area (Å²) in [6.45, 7) is 14.0. The van der Waals surface area contributed by atoms with Gasteiger partial charge < -0.3 is 20.3 Å². The largest absolute Gasteiger partial charge is 0.463 e. The fourth-order valence-corrected chi connectivity index (χ4v) is 5.23. The van der Waals surface area contributed by atoms with Crippen molar-refractivity contribution in [3.05, 3.63) is 45.1 Å². The van der Waals surface area contributed by atoms with E-state index >= 15 is 0 Å². The molecule has 204 valence electrons. The van der Waals surface area contributed by atoms with Gasteiger partial charge in [0.15, 0.2) is 0 Å². The highest BCUT2D eigenvalue weighted by atomic mass is 35.5. The number of nitrogens with zero attached hydrogens (tertiary/aromatic N) is 3. The third-order valence-corrected chi connectivity index (χ3v) is 6.91. The van der Waals surface area contributed by atoms with Gasteiger partial charge in [0.1, 0.15) is 0 Å². The molecule has 11 heteroatoms. The minimum absolute atomic E-state index is 0.0586. The molecule has 2 N–H and O–H groups in total. The van der Waals surface area contributed by atoms with Gasteiger partial charge in [-0.15, -0.1) is 0 Å². The summed E-state index contributed by atoms with van der Waals surface area (Å²) in [7, 11) is 0. The van der Waals surface area contributed by atoms with E-state index in [0.29, 0.717) is 59.6 Å². The van der Waals surface area contributed by atoms with Gasteiger partial charge in [0, 0.05) is 60.0 Å². The molecule has 0 radical (unpaired) electrons. The van der Waals surface area contributed by atoms with Crippen molar-refractivity contribution in [1.82, 2.24) is 25.3 Å². The molecule has 1 aromatic rings. The van der Waals surface area contributed by atoms with Gasteiger partial charge in [-0.3, -0.25) is 9.80 Å². The van der Waals surface area contributed by atoms with Gasteiger partial charge in [-0.2, -0.15) is 0 Å². The molecule has 4 amide bonds. The Balaban J connectivity index is 1.96. The molecule has 37 heavy (non-hydrogen) atoms. The van der Waals surface area contributed by atoms with Gasteiger partial charge in [-0.1, -0.05) is 29.3 Å². The van der Waals surface area contributed by atoms with Crippen molar-refractivity contribution in [2.75, 3.05) is 39.3 Å². The third kappa shape index (κ3) is 6.89. The first kappa shape index (κ1) is 29.1. The first-order valence-electron chi connectivity index (χ1n) is 12.6. The van der Waals surface area contributed by atoms with Gasteiger partial charge in [-0.05, 0) is 59.2 Å². The number of nitrogens with one attached hydrogen (secondary N) is 2. The maximum Gasteiger partial charge on any atom is 0.338 e. The number of urea groups is 2. The topological polar surface area (TPSA) is 94.2 Å². The molecule has 2 atom stereocenters. The first-order chi connectivity index (χ1) is 17.4. The Hall–Kier alpha value is -2.49. The van der Waals surface area contributed by atoms with E-state index in [1.807, 2.05) is 39.5 Å². The van der Waals surface area contributed by atoms with Crippen LogP contribution in [-0.2, 0) is 9.53 Å². The maximum absolute atomic E-state index is 13.3. The molecule has 2 aliphatic rings. The van der Waals surface area contributed by atoms with Crippen molar-refractivity contribution in [1.29, 1.82) is 0 Å². The summed E-state index contributed by atoms with van der Waals surface area (Å²) in [6.07, 6.45) is 0. The number of benzene rings is 1. The van der Waals surface area contributed by atoms with Crippen molar-refractivity contribution in [2.24, 2.45) is 0 Å². The second-order valence-electron chi connectivity index (χ2n) is 10.3. The van der Waals surface area contributed by atoms with E-state index in [0.717, 1.165) is 0 Å². The van der Waals surface area contributed by atoms with Crippen LogP contribution in [0.4, 0.5) is 9.59 Å². The molecule has 0 aliphatic carbocycles. The molecule has 0 unspecified atom stereocenters. The van der Waals surface area contributed by atoms with E-state index < -0.39 is 12.0 Å². The number of carbonyl (C=O) groups is 3. The van der Waals surface area contributed by atoms with E-state index in [-0.39, 0.29) is 30.2 Å². The number of rotatable bonds is 6. The minimum Gasteiger partial charge on any atom is -0.463 e. The summed E-state index contributed by atoms with van der Waals surface area (Å²) in [4.78, 5) is 44.8. The number of esters is 1. The summed E-state index contributed by atoms with van der Waals surface area (Å²) in [5.74, 6) is -0.511. The van der Waals surface area contributed by atoms with Crippen LogP contribution in [0.25, 0.3) is 0 Å². The number of amides is 4. The van der Waals surface area contributed by atoms with Gasteiger partial charge in [0.2, 0.25) is 0 Å². The summed E-state index contributed by atoms with van der Waals surface area (Å²) in [6, 6.07) is 3.70. The van der Waals surface area contributed by atoms with Crippen molar-refractivity contribution < 1.29 is 19.1 Å². The van der Waals surface area contributed by atoms with Crippen LogP contribution >= 0.6 is 23.2 Å². The van der Waals surface area contributed by atoms with E-state index in [1.165, 1.54) is 0 Å². The van der Waals surface area contributed by atoms with Crippen LogP contribution < -0.4 is 10.6 Å². The quantitative estimate of drug-likeness (QED) is 0.509. The number of hydrogen-bond acceptors (Lipinski definition) is 5. The highest BCUT2D eigenvalue weighted by Gasteiger charge is 2.40. The Morgan fingerprint density at radius 3 is 2.46 bits per heavy atom. The molecule has 0 saturated carbocycles. The zero-order chi connectivity index (χ0) is 27.5. The third-order valence-electron chi connectivity index (χ3n) is 6.35. The Bertz CT molecular complexity index is 1070. The average Bonchev–Trinajstić information content (AvgIpc) is 2.78. The van der Waals surface area contributed by atoms with Crippen LogP contribution in [0.2, 0.25) is 10.0 Å². The van der Waals surface area contributed by atoms with Crippen molar-refractivity contribution in [3.63, 3.8) is 0 Å². The molecule has 9 nitrogen and oxygen atoms in total. The number of carbonyl (C=O) groups excluding carboxylic acids is 3. The van der Waals surface area contributed by atoms with E-state index in [9.17, 15) is 14.4 Å². The zero-order valence-electron chi connectivity index (χ0n) is 22.4. The highest BCUT2D eigenvalue weighted by molar-refractivity contribution is 6.35. The molecule has 0 aromatic heterocycles. The number of piperazine rings is 1. The maximum atomic E-state index is 13.3. The molecule has 0 spiro atoms. The van der Waals surface area contributed by atoms with Gasteiger partial charge in [0.05, 0.1) is 18.2 Å². The lowest BCUT2D eigenvalue weighted by Gasteiger charge is -2.43. The number of hydrogen-bond donors (Lipinski definition) is 2. The first-order valence-corrected chi connectivity index (χ1v) is 13.4. The second kappa shape index (κ2) is 11.9. The number of ether oxygens (including phenoxy) is 1. The molecular weight excluding hydrogens is 517 g/mol. The van der Waals surface area contributed by atoms with Crippen LogP contribution in [0.3, 0.4) is 0 Å². The molecule has 2 heterocycles. The summed E-state index contributed by atoms with van der Waals surface area (Å²) < 4.78 is 5.44. The van der Waals surface area contributed by atoms with Crippen molar-refractivity contribution in [3.8, 4) is 0 Å². The van der Waals surface area contributed by atoms with E-state index in [4.69, 9.17) is 27.9 Å². The average molecular weight is 555 g/mol. The highest BCUT2D eigenvalue weighted by Crippen LogP contribution is 2.36. The molecule has 3 rings (SSSR count). The Morgan fingerprint density at radius 1 is 1.19 bits per heavy atom. The zero-order valence-corrected chi connectivity index (χ0v) is 23.9. The number of halogens is 2. The molecule has 1 fully saturated rings. The van der Waals surface area contributed by atoms with Crippen molar-refractivity contribution in [2.45, 2.75) is 59.2 Å². The summed E-state index contributed by atoms with van der Waals surface area (Å²) >= 11 is 12.6. The van der Waals surface area contributed by atoms with E-state index in [2.05, 4.69) is 15.5 Å². The fraction of sp³-hybridized carbons (Fsp3) is 0.577. The van der Waals surface area contributed by atoms with E-state index in [1.54, 1.807) is 30.0 Å². The van der Waals surface area contributed by atoms with Gasteiger partial charge in [-0.25, -0.2) is 14.4 Å². The van der Waals surface area contributed by atoms with Crippen LogP contribution in [0, 0.1) is 0 Å². The van der Waals surface area contributed by atoms with Gasteiger partial charge >= 0.3 is 18.0 Å². The standard InChI is InChI=1S/C26H37Cl2N5O4/c1-7-32-20(15-31-11-12-33(16(3)14-31)25(36)30-26(4,5)6)21(23(34)37-8-2)22(29-24(32)35)18-10-9-17(27)13-19(18)28/h9-10,13,16,22H,7-8,11-12,14-15H2,1-6H3,(H,29,35)(H,30,36)/t16-,22+/m0/s1. The Kier molecular flexibility index (Phi) is 9.37. The monoisotopic (exact) mass is 553 g/mol. The lowest BCUT2D eigenvalue weighted by Crippen LogP contribution is -2.59. The summed E-state index contributed by atoms with van der Waals surface area (Å²) in [5, 5.41) is 6.74. The van der Waals surface area contributed by atoms with Crippen LogP contribution in [-0.4, -0.2) is 83.6 Å². The number of likely N-dealkylation sites (N-methyl/N-ethyl adjacent to an activating group) is 1.